The molecule has 3 atom stereocenters. The molecule has 1 aliphatic rings. The predicted molar refractivity (Wildman–Crippen MR) is 67.0 cm³/mol. The molecule has 1 saturated carbocycles. The minimum Gasteiger partial charge on any atom is -0.307 e. The first-order chi connectivity index (χ1) is 7.99. The first kappa shape index (κ1) is 12.0. The lowest BCUT2D eigenvalue weighted by Crippen LogP contribution is -2.22. The average molecular weight is 234 g/mol. The van der Waals surface area contributed by atoms with Crippen molar-refractivity contribution in [2.45, 2.75) is 39.3 Å². The zero-order chi connectivity index (χ0) is 12.6. The minimum absolute atomic E-state index is 0.171. The molecule has 0 heterocycles. The number of hydrogen-bond donors (Lipinski definition) is 1. The van der Waals surface area contributed by atoms with Crippen molar-refractivity contribution in [1.29, 1.82) is 0 Å². The van der Waals surface area contributed by atoms with Crippen LogP contribution in [0.25, 0.3) is 0 Å². The van der Waals surface area contributed by atoms with E-state index < -0.39 is 0 Å². The number of nitrogens with one attached hydrogen (secondary N) is 1. The fourth-order valence-corrected chi connectivity index (χ4v) is 2.06. The topological polar surface area (TPSA) is 55.2 Å². The van der Waals surface area contributed by atoms with Crippen LogP contribution in [0.2, 0.25) is 0 Å². The third kappa shape index (κ3) is 2.64. The van der Waals surface area contributed by atoms with E-state index in [1.54, 1.807) is 13.0 Å². The summed E-state index contributed by atoms with van der Waals surface area (Å²) in [6.45, 7) is 6.03. The van der Waals surface area contributed by atoms with Gasteiger partial charge in [0, 0.05) is 23.7 Å². The third-order valence-electron chi connectivity index (χ3n) is 3.50. The van der Waals surface area contributed by atoms with E-state index in [0.29, 0.717) is 11.6 Å². The summed E-state index contributed by atoms with van der Waals surface area (Å²) in [6, 6.07) is 6.21. The largest absolute Gasteiger partial charge is 0.307 e. The lowest BCUT2D eigenvalue weighted by molar-refractivity contribution is -0.385. The van der Waals surface area contributed by atoms with Gasteiger partial charge in [-0.25, -0.2) is 0 Å². The zero-order valence-corrected chi connectivity index (χ0v) is 10.4. The smallest absolute Gasteiger partial charge is 0.272 e. The van der Waals surface area contributed by atoms with Gasteiger partial charge in [-0.1, -0.05) is 19.1 Å². The first-order valence-corrected chi connectivity index (χ1v) is 6.00. The average Bonchev–Trinajstić information content (AvgIpc) is 2.94. The summed E-state index contributed by atoms with van der Waals surface area (Å²) in [7, 11) is 0. The molecule has 4 nitrogen and oxygen atoms in total. The number of nitro benzene ring substituents is 1. The molecular weight excluding hydrogens is 216 g/mol. The van der Waals surface area contributed by atoms with E-state index in [4.69, 9.17) is 0 Å². The molecule has 92 valence electrons. The Bertz CT molecular complexity index is 445. The molecule has 3 unspecified atom stereocenters. The number of rotatable bonds is 4. The summed E-state index contributed by atoms with van der Waals surface area (Å²) >= 11 is 0. The summed E-state index contributed by atoms with van der Waals surface area (Å²) in [5.41, 5.74) is 1.91. The van der Waals surface area contributed by atoms with Crippen LogP contribution >= 0.6 is 0 Å². The number of nitro groups is 1. The quantitative estimate of drug-likeness (QED) is 0.643. The monoisotopic (exact) mass is 234 g/mol. The van der Waals surface area contributed by atoms with Crippen LogP contribution in [0.15, 0.2) is 18.2 Å². The minimum atomic E-state index is -0.314. The standard InChI is InChI=1S/C13H18N2O2/c1-8-4-5-11(7-13(8)15(16)17)10(3)14-12-6-9(12)2/h4-5,7,9-10,12,14H,6H2,1-3H3. The number of aryl methyl sites for hydroxylation is 1. The fraction of sp³-hybridized carbons (Fsp3) is 0.538. The number of hydrogen-bond acceptors (Lipinski definition) is 3. The Balaban J connectivity index is 2.14. The van der Waals surface area contributed by atoms with Gasteiger partial charge >= 0.3 is 0 Å². The Morgan fingerprint density at radius 2 is 2.18 bits per heavy atom. The summed E-state index contributed by atoms with van der Waals surface area (Å²) < 4.78 is 0. The molecule has 0 aliphatic heterocycles. The highest BCUT2D eigenvalue weighted by molar-refractivity contribution is 5.43. The Labute approximate surface area is 101 Å². The maximum Gasteiger partial charge on any atom is 0.272 e. The van der Waals surface area contributed by atoms with Crippen molar-refractivity contribution >= 4 is 5.69 Å². The zero-order valence-electron chi connectivity index (χ0n) is 10.4. The van der Waals surface area contributed by atoms with E-state index in [9.17, 15) is 10.1 Å². The molecule has 1 aliphatic carbocycles. The van der Waals surface area contributed by atoms with Gasteiger partial charge in [-0.2, -0.15) is 0 Å². The summed E-state index contributed by atoms with van der Waals surface area (Å²) in [5, 5.41) is 14.4. The maximum atomic E-state index is 10.9. The van der Waals surface area contributed by atoms with Crippen molar-refractivity contribution in [1.82, 2.24) is 5.32 Å². The normalized spacial score (nSPS) is 24.4. The van der Waals surface area contributed by atoms with Gasteiger partial charge in [-0.05, 0) is 31.7 Å². The van der Waals surface area contributed by atoms with Crippen molar-refractivity contribution in [3.8, 4) is 0 Å². The van der Waals surface area contributed by atoms with Gasteiger partial charge in [0.1, 0.15) is 0 Å². The highest BCUT2D eigenvalue weighted by atomic mass is 16.6. The molecule has 0 radical (unpaired) electrons. The Hall–Kier alpha value is -1.42. The molecule has 0 saturated heterocycles. The van der Waals surface area contributed by atoms with Gasteiger partial charge in [0.25, 0.3) is 5.69 Å². The lowest BCUT2D eigenvalue weighted by atomic mass is 10.0. The van der Waals surface area contributed by atoms with Gasteiger partial charge in [-0.15, -0.1) is 0 Å². The van der Waals surface area contributed by atoms with Crippen LogP contribution in [0.4, 0.5) is 5.69 Å². The molecular formula is C13H18N2O2. The van der Waals surface area contributed by atoms with Gasteiger partial charge < -0.3 is 5.32 Å². The number of nitrogens with zero attached hydrogens (tertiary/aromatic N) is 1. The molecule has 0 aromatic heterocycles. The Morgan fingerprint density at radius 1 is 1.53 bits per heavy atom. The molecule has 0 amide bonds. The van der Waals surface area contributed by atoms with E-state index in [-0.39, 0.29) is 16.7 Å². The predicted octanol–water partition coefficient (Wildman–Crippen LogP) is 2.96. The van der Waals surface area contributed by atoms with Crippen molar-refractivity contribution in [2.75, 3.05) is 0 Å². The molecule has 1 N–H and O–H groups in total. The van der Waals surface area contributed by atoms with Crippen molar-refractivity contribution in [3.63, 3.8) is 0 Å². The summed E-state index contributed by atoms with van der Waals surface area (Å²) in [6.07, 6.45) is 1.21. The first-order valence-electron chi connectivity index (χ1n) is 6.00. The van der Waals surface area contributed by atoms with Crippen molar-refractivity contribution in [3.05, 3.63) is 39.4 Å². The fourth-order valence-electron chi connectivity index (χ4n) is 2.06. The molecule has 4 heteroatoms. The highest BCUT2D eigenvalue weighted by Crippen LogP contribution is 2.32. The van der Waals surface area contributed by atoms with Gasteiger partial charge in [0.15, 0.2) is 0 Å². The van der Waals surface area contributed by atoms with Crippen LogP contribution in [0.1, 0.15) is 37.4 Å². The second-order valence-corrected chi connectivity index (χ2v) is 5.01. The summed E-state index contributed by atoms with van der Waals surface area (Å²) in [4.78, 5) is 10.6. The Kier molecular flexibility index (Phi) is 3.15. The van der Waals surface area contributed by atoms with E-state index in [0.717, 1.165) is 11.5 Å². The second-order valence-electron chi connectivity index (χ2n) is 5.01. The van der Waals surface area contributed by atoms with Crippen LogP contribution in [-0.4, -0.2) is 11.0 Å². The van der Waals surface area contributed by atoms with Crippen LogP contribution in [0, 0.1) is 23.0 Å². The van der Waals surface area contributed by atoms with Crippen LogP contribution < -0.4 is 5.32 Å². The summed E-state index contributed by atoms with van der Waals surface area (Å²) in [5.74, 6) is 0.734. The van der Waals surface area contributed by atoms with Crippen LogP contribution in [-0.2, 0) is 0 Å². The molecule has 2 rings (SSSR count). The van der Waals surface area contributed by atoms with E-state index in [1.807, 2.05) is 12.1 Å². The molecule has 17 heavy (non-hydrogen) atoms. The van der Waals surface area contributed by atoms with E-state index in [1.165, 1.54) is 6.42 Å². The maximum absolute atomic E-state index is 10.9. The molecule has 0 spiro atoms. The molecule has 0 bridgehead atoms. The molecule has 1 fully saturated rings. The molecule has 1 aromatic carbocycles. The van der Waals surface area contributed by atoms with Gasteiger partial charge in [0.2, 0.25) is 0 Å². The number of benzene rings is 1. The molecule has 1 aromatic rings. The van der Waals surface area contributed by atoms with Crippen molar-refractivity contribution in [2.24, 2.45) is 5.92 Å². The van der Waals surface area contributed by atoms with Crippen LogP contribution in [0.5, 0.6) is 0 Å². The van der Waals surface area contributed by atoms with Crippen LogP contribution in [0.3, 0.4) is 0 Å². The van der Waals surface area contributed by atoms with E-state index >= 15 is 0 Å². The third-order valence-corrected chi connectivity index (χ3v) is 3.50. The second kappa shape index (κ2) is 4.45. The lowest BCUT2D eigenvalue weighted by Gasteiger charge is -2.14. The van der Waals surface area contributed by atoms with Crippen molar-refractivity contribution < 1.29 is 4.92 Å². The SMILES string of the molecule is Cc1ccc(C(C)NC2CC2C)cc1[N+](=O)[O-]. The van der Waals surface area contributed by atoms with Gasteiger partial charge in [0.05, 0.1) is 4.92 Å². The Morgan fingerprint density at radius 3 is 2.71 bits per heavy atom. The van der Waals surface area contributed by atoms with E-state index in [2.05, 4.69) is 19.2 Å². The highest BCUT2D eigenvalue weighted by Gasteiger charge is 2.33. The van der Waals surface area contributed by atoms with Gasteiger partial charge in [-0.3, -0.25) is 10.1 Å².